The fraction of sp³-hybridized carbons (Fsp3) is 0.0417. The highest BCUT2D eigenvalue weighted by Gasteiger charge is 2.19. The molecule has 1 aromatic heterocycles. The van der Waals surface area contributed by atoms with E-state index in [9.17, 15) is 22.0 Å². The van der Waals surface area contributed by atoms with E-state index in [0.29, 0.717) is 27.6 Å². The van der Waals surface area contributed by atoms with Crippen molar-refractivity contribution in [1.82, 2.24) is 4.57 Å². The highest BCUT2D eigenvalue weighted by atomic mass is 32.2. The van der Waals surface area contributed by atoms with Gasteiger partial charge in [0.15, 0.2) is 0 Å². The summed E-state index contributed by atoms with van der Waals surface area (Å²) in [5.74, 6) is -1.54. The molecule has 0 aliphatic heterocycles. The SMILES string of the molecule is C=CS(=O)(=O)Nc1cccc(Nc2ccc(F)cc2F)c1-c1cn(C)c(=O)c2ccccc12. The summed E-state index contributed by atoms with van der Waals surface area (Å²) in [6.45, 7) is 3.32. The lowest BCUT2D eigenvalue weighted by Crippen LogP contribution is -2.17. The molecule has 0 atom stereocenters. The van der Waals surface area contributed by atoms with E-state index in [-0.39, 0.29) is 16.9 Å². The summed E-state index contributed by atoms with van der Waals surface area (Å²) in [6, 6.07) is 14.8. The Kier molecular flexibility index (Phi) is 5.73. The molecule has 3 aromatic carbocycles. The van der Waals surface area contributed by atoms with Crippen LogP contribution in [0.3, 0.4) is 0 Å². The zero-order valence-corrected chi connectivity index (χ0v) is 18.3. The fourth-order valence-electron chi connectivity index (χ4n) is 3.58. The van der Waals surface area contributed by atoms with Crippen molar-refractivity contribution in [3.8, 4) is 11.1 Å². The second-order valence-corrected chi connectivity index (χ2v) is 8.92. The maximum atomic E-state index is 14.4. The molecule has 0 bridgehead atoms. The molecular weight excluding hydrogens is 448 g/mol. The van der Waals surface area contributed by atoms with Gasteiger partial charge >= 0.3 is 0 Å². The molecule has 0 fully saturated rings. The van der Waals surface area contributed by atoms with Crippen molar-refractivity contribution in [1.29, 1.82) is 0 Å². The van der Waals surface area contributed by atoms with Crippen LogP contribution < -0.4 is 15.6 Å². The first-order valence-electron chi connectivity index (χ1n) is 9.79. The number of nitrogens with zero attached hydrogens (tertiary/aromatic N) is 1. The quantitative estimate of drug-likeness (QED) is 0.413. The summed E-state index contributed by atoms with van der Waals surface area (Å²) < 4.78 is 56.2. The lowest BCUT2D eigenvalue weighted by Gasteiger charge is -2.19. The Morgan fingerprint density at radius 1 is 0.939 bits per heavy atom. The molecule has 0 radical (unpaired) electrons. The van der Waals surface area contributed by atoms with E-state index in [2.05, 4.69) is 16.6 Å². The fourth-order valence-corrected chi connectivity index (χ4v) is 4.14. The van der Waals surface area contributed by atoms with Gasteiger partial charge in [0.25, 0.3) is 15.6 Å². The summed E-state index contributed by atoms with van der Waals surface area (Å²) in [5.41, 5.74) is 1.20. The minimum absolute atomic E-state index is 0.00416. The van der Waals surface area contributed by atoms with Crippen LogP contribution in [0.25, 0.3) is 21.9 Å². The Balaban J connectivity index is 2.03. The van der Waals surface area contributed by atoms with Crippen molar-refractivity contribution in [3.63, 3.8) is 0 Å². The molecule has 0 spiro atoms. The molecule has 168 valence electrons. The summed E-state index contributed by atoms with van der Waals surface area (Å²) in [4.78, 5) is 12.7. The molecule has 1 heterocycles. The molecule has 0 aliphatic carbocycles. The summed E-state index contributed by atoms with van der Waals surface area (Å²) in [5, 5.41) is 4.70. The molecule has 9 heteroatoms. The topological polar surface area (TPSA) is 80.2 Å². The first-order valence-corrected chi connectivity index (χ1v) is 11.3. The Morgan fingerprint density at radius 3 is 2.33 bits per heavy atom. The van der Waals surface area contributed by atoms with Gasteiger partial charge in [-0.05, 0) is 35.7 Å². The third-order valence-corrected chi connectivity index (χ3v) is 6.04. The van der Waals surface area contributed by atoms with E-state index in [1.165, 1.54) is 10.6 Å². The van der Waals surface area contributed by atoms with Gasteiger partial charge in [-0.3, -0.25) is 9.52 Å². The number of aryl methyl sites for hydroxylation is 1. The maximum Gasteiger partial charge on any atom is 0.258 e. The van der Waals surface area contributed by atoms with Crippen LogP contribution in [0.2, 0.25) is 0 Å². The largest absolute Gasteiger partial charge is 0.353 e. The normalized spacial score (nSPS) is 11.4. The monoisotopic (exact) mass is 467 g/mol. The molecule has 0 saturated carbocycles. The Bertz CT molecular complexity index is 1560. The predicted molar refractivity (Wildman–Crippen MR) is 127 cm³/mol. The van der Waals surface area contributed by atoms with Gasteiger partial charge in [0, 0.05) is 46.9 Å². The van der Waals surface area contributed by atoms with Crippen molar-refractivity contribution in [3.05, 3.63) is 101 Å². The average Bonchev–Trinajstić information content (AvgIpc) is 2.78. The van der Waals surface area contributed by atoms with Crippen LogP contribution >= 0.6 is 0 Å². The van der Waals surface area contributed by atoms with Gasteiger partial charge in [-0.25, -0.2) is 17.2 Å². The molecule has 0 amide bonds. The first-order chi connectivity index (χ1) is 15.7. The van der Waals surface area contributed by atoms with Crippen LogP contribution in [0.5, 0.6) is 0 Å². The van der Waals surface area contributed by atoms with E-state index in [0.717, 1.165) is 17.5 Å². The Hall–Kier alpha value is -3.98. The molecule has 6 nitrogen and oxygen atoms in total. The summed E-state index contributed by atoms with van der Waals surface area (Å²) >= 11 is 0. The number of halogens is 2. The van der Waals surface area contributed by atoms with Crippen LogP contribution in [-0.4, -0.2) is 13.0 Å². The van der Waals surface area contributed by atoms with Crippen molar-refractivity contribution in [2.75, 3.05) is 10.0 Å². The smallest absolute Gasteiger partial charge is 0.258 e. The minimum atomic E-state index is -3.88. The van der Waals surface area contributed by atoms with Crippen LogP contribution in [-0.2, 0) is 17.1 Å². The number of hydrogen-bond donors (Lipinski definition) is 2. The van der Waals surface area contributed by atoms with Gasteiger partial charge in [0.1, 0.15) is 11.6 Å². The van der Waals surface area contributed by atoms with E-state index in [1.54, 1.807) is 55.7 Å². The predicted octanol–water partition coefficient (Wildman–Crippen LogP) is 5.11. The molecular formula is C24H19F2N3O3S. The zero-order valence-electron chi connectivity index (χ0n) is 17.5. The molecule has 2 N–H and O–H groups in total. The first kappa shape index (κ1) is 22.2. The van der Waals surface area contributed by atoms with Crippen molar-refractivity contribution in [2.24, 2.45) is 7.05 Å². The Morgan fingerprint density at radius 2 is 1.64 bits per heavy atom. The van der Waals surface area contributed by atoms with Gasteiger partial charge in [0.05, 0.1) is 11.4 Å². The number of sulfonamides is 1. The zero-order chi connectivity index (χ0) is 23.8. The number of hydrogen-bond acceptors (Lipinski definition) is 4. The highest BCUT2D eigenvalue weighted by molar-refractivity contribution is 7.95. The molecule has 0 unspecified atom stereocenters. The van der Waals surface area contributed by atoms with E-state index in [4.69, 9.17) is 0 Å². The van der Waals surface area contributed by atoms with Crippen LogP contribution in [0.15, 0.2) is 83.6 Å². The van der Waals surface area contributed by atoms with E-state index < -0.39 is 21.7 Å². The number of pyridine rings is 1. The van der Waals surface area contributed by atoms with Crippen LogP contribution in [0.1, 0.15) is 0 Å². The second kappa shape index (κ2) is 8.51. The number of nitrogens with one attached hydrogen (secondary N) is 2. The second-order valence-electron chi connectivity index (χ2n) is 7.30. The third-order valence-electron chi connectivity index (χ3n) is 5.10. The van der Waals surface area contributed by atoms with Gasteiger partial charge < -0.3 is 9.88 Å². The third kappa shape index (κ3) is 4.35. The summed E-state index contributed by atoms with van der Waals surface area (Å²) in [6.07, 6.45) is 1.58. The van der Waals surface area contributed by atoms with E-state index >= 15 is 0 Å². The molecule has 4 aromatic rings. The molecule has 0 aliphatic rings. The number of aromatic nitrogens is 1. The number of anilines is 3. The van der Waals surface area contributed by atoms with Gasteiger partial charge in [-0.2, -0.15) is 0 Å². The Labute approximate surface area is 188 Å². The lowest BCUT2D eigenvalue weighted by molar-refractivity contribution is 0.586. The van der Waals surface area contributed by atoms with Crippen LogP contribution in [0.4, 0.5) is 25.8 Å². The lowest BCUT2D eigenvalue weighted by atomic mass is 9.97. The molecule has 33 heavy (non-hydrogen) atoms. The number of rotatable bonds is 6. The number of fused-ring (bicyclic) bond motifs is 1. The van der Waals surface area contributed by atoms with Crippen LogP contribution in [0, 0.1) is 11.6 Å². The molecule has 4 rings (SSSR count). The number of benzene rings is 3. The highest BCUT2D eigenvalue weighted by Crippen LogP contribution is 2.40. The van der Waals surface area contributed by atoms with Gasteiger partial charge in [-0.15, -0.1) is 0 Å². The summed E-state index contributed by atoms with van der Waals surface area (Å²) in [7, 11) is -2.30. The van der Waals surface area contributed by atoms with Crippen molar-refractivity contribution >= 4 is 37.9 Å². The average molecular weight is 467 g/mol. The molecule has 0 saturated heterocycles. The van der Waals surface area contributed by atoms with Gasteiger partial charge in [-0.1, -0.05) is 30.8 Å². The van der Waals surface area contributed by atoms with Crippen molar-refractivity contribution in [2.45, 2.75) is 0 Å². The maximum absolute atomic E-state index is 14.4. The van der Waals surface area contributed by atoms with Gasteiger partial charge in [0.2, 0.25) is 0 Å². The van der Waals surface area contributed by atoms with E-state index in [1.807, 2.05) is 0 Å². The minimum Gasteiger partial charge on any atom is -0.353 e. The standard InChI is InChI=1S/C24H19F2N3O3S/c1-3-33(31,32)28-22-10-6-9-21(27-20-12-11-15(25)13-19(20)26)23(22)18-14-29(2)24(30)17-8-5-4-7-16(17)18/h3-14,27-28H,1H2,2H3. The van der Waals surface area contributed by atoms with Crippen molar-refractivity contribution < 1.29 is 17.2 Å².